The van der Waals surface area contributed by atoms with Gasteiger partial charge < -0.3 is 5.32 Å². The standard InChI is InChI=1S/C13H17F2NS/c14-13(15)11-5-3-10(4-6-11)8-16-9-12-2-1-7-17-12/h3-6,12-13,16H,1-2,7-9H2. The van der Waals surface area contributed by atoms with E-state index < -0.39 is 6.43 Å². The molecule has 94 valence electrons. The smallest absolute Gasteiger partial charge is 0.263 e. The normalized spacial score (nSPS) is 20.1. The van der Waals surface area contributed by atoms with E-state index in [9.17, 15) is 8.78 Å². The molecule has 1 aliphatic rings. The quantitative estimate of drug-likeness (QED) is 0.865. The fourth-order valence-corrected chi connectivity index (χ4v) is 3.20. The average molecular weight is 257 g/mol. The predicted octanol–water partition coefficient (Wildman–Crippen LogP) is 3.61. The van der Waals surface area contributed by atoms with Crippen LogP contribution < -0.4 is 5.32 Å². The van der Waals surface area contributed by atoms with Gasteiger partial charge in [-0.15, -0.1) is 0 Å². The lowest BCUT2D eigenvalue weighted by molar-refractivity contribution is 0.151. The molecule has 0 bridgehead atoms. The fourth-order valence-electron chi connectivity index (χ4n) is 1.96. The number of alkyl halides is 2. The van der Waals surface area contributed by atoms with Crippen molar-refractivity contribution < 1.29 is 8.78 Å². The van der Waals surface area contributed by atoms with Gasteiger partial charge in [0.15, 0.2) is 0 Å². The molecule has 1 heterocycles. The van der Waals surface area contributed by atoms with Crippen LogP contribution in [0.4, 0.5) is 8.78 Å². The summed E-state index contributed by atoms with van der Waals surface area (Å²) >= 11 is 2.02. The van der Waals surface area contributed by atoms with Crippen LogP contribution in [0.5, 0.6) is 0 Å². The molecule has 17 heavy (non-hydrogen) atoms. The van der Waals surface area contributed by atoms with Crippen LogP contribution in [0.3, 0.4) is 0 Å². The number of hydrogen-bond donors (Lipinski definition) is 1. The zero-order valence-corrected chi connectivity index (χ0v) is 10.5. The highest BCUT2D eigenvalue weighted by Gasteiger charge is 2.14. The first-order chi connectivity index (χ1) is 8.25. The Bertz CT molecular complexity index is 334. The summed E-state index contributed by atoms with van der Waals surface area (Å²) in [7, 11) is 0. The van der Waals surface area contributed by atoms with Gasteiger partial charge in [0.25, 0.3) is 6.43 Å². The topological polar surface area (TPSA) is 12.0 Å². The van der Waals surface area contributed by atoms with Crippen molar-refractivity contribution in [2.75, 3.05) is 12.3 Å². The molecular weight excluding hydrogens is 240 g/mol. The zero-order valence-electron chi connectivity index (χ0n) is 9.66. The monoisotopic (exact) mass is 257 g/mol. The molecule has 0 saturated carbocycles. The Morgan fingerprint density at radius 2 is 2.06 bits per heavy atom. The molecule has 0 aliphatic carbocycles. The van der Waals surface area contributed by atoms with E-state index in [-0.39, 0.29) is 5.56 Å². The molecule has 1 fully saturated rings. The van der Waals surface area contributed by atoms with Gasteiger partial charge in [-0.3, -0.25) is 0 Å². The van der Waals surface area contributed by atoms with E-state index in [1.807, 2.05) is 11.8 Å². The highest BCUT2D eigenvalue weighted by molar-refractivity contribution is 8.00. The summed E-state index contributed by atoms with van der Waals surface area (Å²) < 4.78 is 24.7. The molecule has 1 unspecified atom stereocenters. The first-order valence-electron chi connectivity index (χ1n) is 5.95. The van der Waals surface area contributed by atoms with Gasteiger partial charge in [0.1, 0.15) is 0 Å². The molecule has 0 radical (unpaired) electrons. The maximum Gasteiger partial charge on any atom is 0.263 e. The molecule has 2 rings (SSSR count). The van der Waals surface area contributed by atoms with Gasteiger partial charge in [0, 0.05) is 23.9 Å². The number of thioether (sulfide) groups is 1. The maximum absolute atomic E-state index is 12.3. The third kappa shape index (κ3) is 3.96. The number of hydrogen-bond acceptors (Lipinski definition) is 2. The van der Waals surface area contributed by atoms with E-state index in [1.165, 1.54) is 30.7 Å². The van der Waals surface area contributed by atoms with Crippen LogP contribution in [-0.2, 0) is 6.54 Å². The molecule has 4 heteroatoms. The largest absolute Gasteiger partial charge is 0.312 e. The minimum Gasteiger partial charge on any atom is -0.312 e. The van der Waals surface area contributed by atoms with Gasteiger partial charge in [-0.2, -0.15) is 11.8 Å². The van der Waals surface area contributed by atoms with Crippen LogP contribution in [-0.4, -0.2) is 17.5 Å². The Labute approximate surface area is 105 Å². The molecule has 1 aromatic carbocycles. The Balaban J connectivity index is 1.74. The lowest BCUT2D eigenvalue weighted by Gasteiger charge is -2.10. The second-order valence-corrected chi connectivity index (χ2v) is 5.72. The van der Waals surface area contributed by atoms with Crippen LogP contribution in [0, 0.1) is 0 Å². The van der Waals surface area contributed by atoms with Crippen LogP contribution in [0.2, 0.25) is 0 Å². The van der Waals surface area contributed by atoms with Gasteiger partial charge in [-0.05, 0) is 24.2 Å². The van der Waals surface area contributed by atoms with Gasteiger partial charge in [-0.25, -0.2) is 8.78 Å². The minimum atomic E-state index is -2.37. The maximum atomic E-state index is 12.3. The summed E-state index contributed by atoms with van der Waals surface area (Å²) in [5.41, 5.74) is 1.16. The van der Waals surface area contributed by atoms with Gasteiger partial charge >= 0.3 is 0 Å². The van der Waals surface area contributed by atoms with Crippen LogP contribution >= 0.6 is 11.8 Å². The molecule has 0 aromatic heterocycles. The third-order valence-electron chi connectivity index (χ3n) is 2.96. The fraction of sp³-hybridized carbons (Fsp3) is 0.538. The Kier molecular flexibility index (Phi) is 4.80. The summed E-state index contributed by atoms with van der Waals surface area (Å²) in [4.78, 5) is 0. The molecule has 0 spiro atoms. The summed E-state index contributed by atoms with van der Waals surface area (Å²) in [5, 5.41) is 4.12. The molecule has 1 saturated heterocycles. The van der Waals surface area contributed by atoms with Crippen molar-refractivity contribution in [1.82, 2.24) is 5.32 Å². The molecule has 1 aromatic rings. The molecule has 1 aliphatic heterocycles. The van der Waals surface area contributed by atoms with Gasteiger partial charge in [-0.1, -0.05) is 24.3 Å². The van der Waals surface area contributed by atoms with Crippen molar-refractivity contribution in [3.63, 3.8) is 0 Å². The molecule has 1 nitrogen and oxygen atoms in total. The van der Waals surface area contributed by atoms with Crippen molar-refractivity contribution in [1.29, 1.82) is 0 Å². The van der Waals surface area contributed by atoms with Gasteiger partial charge in [0.2, 0.25) is 0 Å². The molecule has 0 amide bonds. The van der Waals surface area contributed by atoms with Crippen LogP contribution in [0.25, 0.3) is 0 Å². The number of halogens is 2. The summed E-state index contributed by atoms with van der Waals surface area (Å²) in [6.07, 6.45) is 0.245. The van der Waals surface area contributed by atoms with Crippen molar-refractivity contribution in [2.24, 2.45) is 0 Å². The van der Waals surface area contributed by atoms with Crippen molar-refractivity contribution in [2.45, 2.75) is 31.1 Å². The lowest BCUT2D eigenvalue weighted by atomic mass is 10.1. The number of nitrogens with one attached hydrogen (secondary N) is 1. The van der Waals surface area contributed by atoms with Crippen molar-refractivity contribution in [3.05, 3.63) is 35.4 Å². The van der Waals surface area contributed by atoms with Gasteiger partial charge in [0.05, 0.1) is 0 Å². The summed E-state index contributed by atoms with van der Waals surface area (Å²) in [6.45, 7) is 1.78. The van der Waals surface area contributed by atoms with E-state index >= 15 is 0 Å². The van der Waals surface area contributed by atoms with Crippen molar-refractivity contribution >= 4 is 11.8 Å². The highest BCUT2D eigenvalue weighted by atomic mass is 32.2. The van der Waals surface area contributed by atoms with Crippen LogP contribution in [0.15, 0.2) is 24.3 Å². The van der Waals surface area contributed by atoms with E-state index in [1.54, 1.807) is 12.1 Å². The molecule has 1 N–H and O–H groups in total. The van der Waals surface area contributed by atoms with E-state index in [0.29, 0.717) is 0 Å². The molecule has 1 atom stereocenters. The lowest BCUT2D eigenvalue weighted by Crippen LogP contribution is -2.22. The van der Waals surface area contributed by atoms with Crippen LogP contribution in [0.1, 0.15) is 30.4 Å². The SMILES string of the molecule is FC(F)c1ccc(CNCC2CCCS2)cc1. The van der Waals surface area contributed by atoms with E-state index in [4.69, 9.17) is 0 Å². The first kappa shape index (κ1) is 12.8. The Morgan fingerprint density at radius 1 is 1.29 bits per heavy atom. The summed E-state index contributed by atoms with van der Waals surface area (Å²) in [6, 6.07) is 6.56. The Morgan fingerprint density at radius 3 is 2.65 bits per heavy atom. The second kappa shape index (κ2) is 6.36. The van der Waals surface area contributed by atoms with Crippen molar-refractivity contribution in [3.8, 4) is 0 Å². The second-order valence-electron chi connectivity index (χ2n) is 4.31. The Hall–Kier alpha value is -0.610. The van der Waals surface area contributed by atoms with E-state index in [2.05, 4.69) is 5.32 Å². The van der Waals surface area contributed by atoms with E-state index in [0.717, 1.165) is 23.9 Å². The average Bonchev–Trinajstić information content (AvgIpc) is 2.83. The summed E-state index contributed by atoms with van der Waals surface area (Å²) in [5.74, 6) is 1.27. The minimum absolute atomic E-state index is 0.0973. The molecular formula is C13H17F2NS. The predicted molar refractivity (Wildman–Crippen MR) is 68.6 cm³/mol. The number of benzene rings is 1. The zero-order chi connectivity index (χ0) is 12.1. The highest BCUT2D eigenvalue weighted by Crippen LogP contribution is 2.25. The third-order valence-corrected chi connectivity index (χ3v) is 4.35. The first-order valence-corrected chi connectivity index (χ1v) is 7.00. The number of rotatable bonds is 5.